The van der Waals surface area contributed by atoms with Crippen LogP contribution in [0.1, 0.15) is 30.8 Å². The molecule has 0 saturated carbocycles. The van der Waals surface area contributed by atoms with E-state index in [4.69, 9.17) is 11.6 Å². The maximum Gasteiger partial charge on any atom is 0.271 e. The van der Waals surface area contributed by atoms with E-state index in [0.29, 0.717) is 12.3 Å². The van der Waals surface area contributed by atoms with Crippen LogP contribution in [0.25, 0.3) is 0 Å². The second-order valence-electron chi connectivity index (χ2n) is 4.21. The monoisotopic (exact) mass is 257 g/mol. The number of hydrogen-bond donors (Lipinski definition) is 2. The average molecular weight is 258 g/mol. The van der Waals surface area contributed by atoms with Gasteiger partial charge in [0.15, 0.2) is 0 Å². The molecular formula is C11H16ClN3O2. The van der Waals surface area contributed by atoms with Gasteiger partial charge in [0, 0.05) is 12.7 Å². The highest BCUT2D eigenvalue weighted by atomic mass is 35.5. The fraction of sp³-hybridized carbons (Fsp3) is 0.545. The Morgan fingerprint density at radius 2 is 2.29 bits per heavy atom. The zero-order valence-corrected chi connectivity index (χ0v) is 10.6. The smallest absolute Gasteiger partial charge is 0.271 e. The van der Waals surface area contributed by atoms with E-state index >= 15 is 0 Å². The highest BCUT2D eigenvalue weighted by Gasteiger charge is 2.13. The molecule has 1 rings (SSSR count). The summed E-state index contributed by atoms with van der Waals surface area (Å²) in [6.07, 6.45) is 2.69. The summed E-state index contributed by atoms with van der Waals surface area (Å²) in [5.74, 6) is -0.0234. The Bertz CT molecular complexity index is 385. The second-order valence-corrected chi connectivity index (χ2v) is 4.62. The van der Waals surface area contributed by atoms with Crippen LogP contribution in [-0.2, 0) is 0 Å². The molecule has 1 aromatic rings. The Balaban J connectivity index is 2.48. The predicted molar refractivity (Wildman–Crippen MR) is 64.8 cm³/mol. The molecule has 1 heterocycles. The highest BCUT2D eigenvalue weighted by Crippen LogP contribution is 2.10. The third-order valence-electron chi connectivity index (χ3n) is 2.12. The molecule has 0 radical (unpaired) electrons. The number of carbonyl (C=O) groups is 1. The lowest BCUT2D eigenvalue weighted by Crippen LogP contribution is -2.33. The Labute approximate surface area is 105 Å². The van der Waals surface area contributed by atoms with Crippen molar-refractivity contribution in [3.63, 3.8) is 0 Å². The van der Waals surface area contributed by atoms with E-state index in [1.54, 1.807) is 0 Å². The molecule has 94 valence electrons. The van der Waals surface area contributed by atoms with Crippen molar-refractivity contribution in [2.45, 2.75) is 26.4 Å². The van der Waals surface area contributed by atoms with E-state index in [1.807, 2.05) is 13.8 Å². The van der Waals surface area contributed by atoms with Crippen LogP contribution < -0.4 is 5.32 Å². The number of carbonyl (C=O) groups excluding carboxylic acids is 1. The van der Waals surface area contributed by atoms with E-state index in [1.165, 1.54) is 12.5 Å². The van der Waals surface area contributed by atoms with Gasteiger partial charge >= 0.3 is 0 Å². The van der Waals surface area contributed by atoms with Gasteiger partial charge in [-0.3, -0.25) is 4.79 Å². The summed E-state index contributed by atoms with van der Waals surface area (Å²) in [7, 11) is 0. The van der Waals surface area contributed by atoms with Crippen LogP contribution in [0.2, 0.25) is 5.02 Å². The van der Waals surface area contributed by atoms with E-state index in [-0.39, 0.29) is 17.3 Å². The number of hydrogen-bond acceptors (Lipinski definition) is 4. The Kier molecular flexibility index (Phi) is 5.31. The molecule has 17 heavy (non-hydrogen) atoms. The largest absolute Gasteiger partial charge is 0.391 e. The summed E-state index contributed by atoms with van der Waals surface area (Å²) < 4.78 is 0. The van der Waals surface area contributed by atoms with Crippen molar-refractivity contribution in [1.29, 1.82) is 0 Å². The molecule has 1 unspecified atom stereocenters. The van der Waals surface area contributed by atoms with E-state index in [0.717, 1.165) is 0 Å². The van der Waals surface area contributed by atoms with Gasteiger partial charge in [0.25, 0.3) is 5.91 Å². The van der Waals surface area contributed by atoms with Gasteiger partial charge in [-0.15, -0.1) is 0 Å². The minimum atomic E-state index is -0.556. The molecule has 0 saturated heterocycles. The van der Waals surface area contributed by atoms with Crippen molar-refractivity contribution < 1.29 is 9.90 Å². The second kappa shape index (κ2) is 6.51. The third-order valence-corrected chi connectivity index (χ3v) is 2.40. The first-order valence-corrected chi connectivity index (χ1v) is 5.80. The van der Waals surface area contributed by atoms with Gasteiger partial charge in [-0.1, -0.05) is 25.4 Å². The fourth-order valence-electron chi connectivity index (χ4n) is 1.40. The van der Waals surface area contributed by atoms with Gasteiger partial charge in [0.2, 0.25) is 0 Å². The van der Waals surface area contributed by atoms with Gasteiger partial charge in [0.1, 0.15) is 12.0 Å². The minimum absolute atomic E-state index is 0.124. The van der Waals surface area contributed by atoms with Gasteiger partial charge in [-0.2, -0.15) is 0 Å². The average Bonchev–Trinajstić information content (AvgIpc) is 2.25. The number of halogens is 1. The lowest BCUT2D eigenvalue weighted by atomic mass is 10.1. The van der Waals surface area contributed by atoms with Crippen LogP contribution in [0.3, 0.4) is 0 Å². The SMILES string of the molecule is CC(C)CC(O)CNC(=O)c1ncncc1Cl. The van der Waals surface area contributed by atoms with Crippen molar-refractivity contribution in [2.75, 3.05) is 6.54 Å². The van der Waals surface area contributed by atoms with Crippen molar-refractivity contribution in [3.05, 3.63) is 23.2 Å². The van der Waals surface area contributed by atoms with Gasteiger partial charge in [0.05, 0.1) is 11.1 Å². The van der Waals surface area contributed by atoms with Crippen LogP contribution in [0.5, 0.6) is 0 Å². The van der Waals surface area contributed by atoms with Crippen LogP contribution in [0.15, 0.2) is 12.5 Å². The Morgan fingerprint density at radius 3 is 2.88 bits per heavy atom. The maximum absolute atomic E-state index is 11.7. The number of nitrogens with zero attached hydrogens (tertiary/aromatic N) is 2. The number of rotatable bonds is 5. The lowest BCUT2D eigenvalue weighted by Gasteiger charge is -2.13. The molecule has 1 amide bonds. The number of amides is 1. The number of aromatic nitrogens is 2. The fourth-order valence-corrected chi connectivity index (χ4v) is 1.59. The van der Waals surface area contributed by atoms with Crippen molar-refractivity contribution in [3.8, 4) is 0 Å². The third kappa shape index (κ3) is 4.66. The first-order valence-electron chi connectivity index (χ1n) is 5.42. The van der Waals surface area contributed by atoms with E-state index in [9.17, 15) is 9.90 Å². The van der Waals surface area contributed by atoms with Crippen molar-refractivity contribution in [2.24, 2.45) is 5.92 Å². The number of aliphatic hydroxyl groups is 1. The van der Waals surface area contributed by atoms with Crippen molar-refractivity contribution >= 4 is 17.5 Å². The van der Waals surface area contributed by atoms with Crippen LogP contribution in [-0.4, -0.2) is 33.6 Å². The molecule has 0 spiro atoms. The standard InChI is InChI=1S/C11H16ClN3O2/c1-7(2)3-8(16)4-14-11(17)10-9(12)5-13-6-15-10/h5-8,16H,3-4H2,1-2H3,(H,14,17). The number of nitrogens with one attached hydrogen (secondary N) is 1. The van der Waals surface area contributed by atoms with Crippen molar-refractivity contribution in [1.82, 2.24) is 15.3 Å². The summed E-state index contributed by atoms with van der Waals surface area (Å²) >= 11 is 5.77. The lowest BCUT2D eigenvalue weighted by molar-refractivity contribution is 0.0895. The number of aliphatic hydroxyl groups excluding tert-OH is 1. The summed E-state index contributed by atoms with van der Waals surface area (Å²) in [6.45, 7) is 4.20. The van der Waals surface area contributed by atoms with Gasteiger partial charge < -0.3 is 10.4 Å². The van der Waals surface area contributed by atoms with Crippen LogP contribution >= 0.6 is 11.6 Å². The quantitative estimate of drug-likeness (QED) is 0.833. The highest BCUT2D eigenvalue weighted by molar-refractivity contribution is 6.33. The van der Waals surface area contributed by atoms with Gasteiger partial charge in [-0.05, 0) is 12.3 Å². The van der Waals surface area contributed by atoms with E-state index < -0.39 is 12.0 Å². The molecule has 6 heteroatoms. The molecule has 0 aliphatic carbocycles. The summed E-state index contributed by atoms with van der Waals surface area (Å²) in [5.41, 5.74) is 0.124. The maximum atomic E-state index is 11.7. The molecule has 2 N–H and O–H groups in total. The summed E-state index contributed by atoms with van der Waals surface area (Å²) in [4.78, 5) is 19.1. The van der Waals surface area contributed by atoms with E-state index in [2.05, 4.69) is 15.3 Å². The Hall–Kier alpha value is -1.20. The predicted octanol–water partition coefficient (Wildman–Crippen LogP) is 1.27. The molecule has 0 aliphatic heterocycles. The Morgan fingerprint density at radius 1 is 1.59 bits per heavy atom. The summed E-state index contributed by atoms with van der Waals surface area (Å²) in [5, 5.41) is 12.4. The first-order chi connectivity index (χ1) is 8.00. The zero-order valence-electron chi connectivity index (χ0n) is 9.85. The molecule has 0 aliphatic rings. The topological polar surface area (TPSA) is 75.1 Å². The molecule has 5 nitrogen and oxygen atoms in total. The molecule has 1 atom stereocenters. The normalized spacial score (nSPS) is 12.5. The van der Waals surface area contributed by atoms with Crippen LogP contribution in [0.4, 0.5) is 0 Å². The molecule has 0 fully saturated rings. The molecule has 0 bridgehead atoms. The minimum Gasteiger partial charge on any atom is -0.391 e. The molecule has 0 aromatic carbocycles. The zero-order chi connectivity index (χ0) is 12.8. The summed E-state index contributed by atoms with van der Waals surface area (Å²) in [6, 6.07) is 0. The van der Waals surface area contributed by atoms with Crippen LogP contribution in [0, 0.1) is 5.92 Å². The first kappa shape index (κ1) is 13.9. The molecular weight excluding hydrogens is 242 g/mol. The molecule has 1 aromatic heterocycles. The van der Waals surface area contributed by atoms with Gasteiger partial charge in [-0.25, -0.2) is 9.97 Å².